The topological polar surface area (TPSA) is 100 Å². The first-order chi connectivity index (χ1) is 14.1. The van der Waals surface area contributed by atoms with Gasteiger partial charge in [-0.3, -0.25) is 4.79 Å². The Kier molecular flexibility index (Phi) is 6.46. The summed E-state index contributed by atoms with van der Waals surface area (Å²) in [5.74, 6) is -0.999. The minimum absolute atomic E-state index is 0.0674. The first-order valence-corrected chi connectivity index (χ1v) is 8.65. The quantitative estimate of drug-likeness (QED) is 0.356. The van der Waals surface area contributed by atoms with Crippen molar-refractivity contribution in [3.05, 3.63) is 96.1 Å². The van der Waals surface area contributed by atoms with Gasteiger partial charge in [-0.05, 0) is 60.2 Å². The van der Waals surface area contributed by atoms with Gasteiger partial charge in [0.1, 0.15) is 5.75 Å². The lowest BCUT2D eigenvalue weighted by Crippen LogP contribution is -2.07. The van der Waals surface area contributed by atoms with Crippen LogP contribution in [0.15, 0.2) is 95.2 Å². The van der Waals surface area contributed by atoms with E-state index in [1.54, 1.807) is 30.3 Å². The summed E-state index contributed by atoms with van der Waals surface area (Å²) in [5.41, 5.74) is 4.74. The Labute approximate surface area is 166 Å². The smallest absolute Gasteiger partial charge is 0.355 e. The van der Waals surface area contributed by atoms with Gasteiger partial charge in [-0.25, -0.2) is 10.3 Å². The molecule has 3 aromatic rings. The molecule has 7 nitrogen and oxygen atoms in total. The van der Waals surface area contributed by atoms with Gasteiger partial charge in [0.05, 0.1) is 11.4 Å². The molecule has 0 aliphatic heterocycles. The highest BCUT2D eigenvalue weighted by molar-refractivity contribution is 5.94. The molecule has 1 amide bonds. The molecule has 0 saturated heterocycles. The fourth-order valence-electron chi connectivity index (χ4n) is 2.23. The number of phenolic OH excluding ortho intramolecular Hbond substituents is 1. The molecule has 0 aromatic heterocycles. The van der Waals surface area contributed by atoms with Crippen LogP contribution in [0.5, 0.6) is 5.75 Å². The summed E-state index contributed by atoms with van der Waals surface area (Å²) in [6, 6.07) is 21.6. The third-order valence-corrected chi connectivity index (χ3v) is 3.72. The van der Waals surface area contributed by atoms with Crippen molar-refractivity contribution in [1.82, 2.24) is 0 Å². The van der Waals surface area contributed by atoms with Crippen LogP contribution in [0.2, 0.25) is 0 Å². The zero-order chi connectivity index (χ0) is 20.5. The summed E-state index contributed by atoms with van der Waals surface area (Å²) in [5, 5.41) is 16.7. The van der Waals surface area contributed by atoms with E-state index in [9.17, 15) is 14.7 Å². The van der Waals surface area contributed by atoms with E-state index in [2.05, 4.69) is 15.7 Å². The van der Waals surface area contributed by atoms with Crippen LogP contribution in [0.25, 0.3) is 6.08 Å². The molecule has 0 heterocycles. The summed E-state index contributed by atoms with van der Waals surface area (Å²) in [6.45, 7) is 0. The molecular weight excluding hydrogens is 370 g/mol. The molecule has 0 aliphatic rings. The van der Waals surface area contributed by atoms with Gasteiger partial charge < -0.3 is 9.94 Å². The van der Waals surface area contributed by atoms with Gasteiger partial charge in [0, 0.05) is 11.6 Å². The van der Waals surface area contributed by atoms with E-state index in [4.69, 9.17) is 4.84 Å². The highest BCUT2D eigenvalue weighted by Gasteiger charge is 2.04. The third-order valence-electron chi connectivity index (χ3n) is 3.72. The first-order valence-electron chi connectivity index (χ1n) is 8.65. The average Bonchev–Trinajstić information content (AvgIpc) is 2.76. The average molecular weight is 387 g/mol. The van der Waals surface area contributed by atoms with Crippen LogP contribution in [0.1, 0.15) is 15.9 Å². The van der Waals surface area contributed by atoms with E-state index in [0.29, 0.717) is 16.9 Å². The van der Waals surface area contributed by atoms with Crippen LogP contribution in [-0.2, 0) is 9.63 Å². The van der Waals surface area contributed by atoms with Gasteiger partial charge in [0.15, 0.2) is 0 Å². The number of hydrogen-bond acceptors (Lipinski definition) is 6. The third kappa shape index (κ3) is 6.14. The molecule has 7 heteroatoms. The molecule has 0 saturated carbocycles. The van der Waals surface area contributed by atoms with E-state index in [1.807, 2.05) is 30.3 Å². The van der Waals surface area contributed by atoms with Crippen LogP contribution < -0.4 is 5.48 Å². The molecule has 0 radical (unpaired) electrons. The number of hydrogen-bond donors (Lipinski definition) is 2. The molecule has 0 fully saturated rings. The van der Waals surface area contributed by atoms with Crippen LogP contribution >= 0.6 is 0 Å². The largest absolute Gasteiger partial charge is 0.508 e. The molecule has 0 spiro atoms. The predicted molar refractivity (Wildman–Crippen MR) is 109 cm³/mol. The summed E-state index contributed by atoms with van der Waals surface area (Å²) < 4.78 is 0. The van der Waals surface area contributed by atoms with Gasteiger partial charge in [-0.2, -0.15) is 0 Å². The van der Waals surface area contributed by atoms with Crippen molar-refractivity contribution in [3.8, 4) is 5.75 Å². The second kappa shape index (κ2) is 9.61. The first kappa shape index (κ1) is 19.5. The van der Waals surface area contributed by atoms with Crippen molar-refractivity contribution >= 4 is 29.3 Å². The number of nitrogens with one attached hydrogen (secondary N) is 1. The summed E-state index contributed by atoms with van der Waals surface area (Å²) in [7, 11) is 0. The van der Waals surface area contributed by atoms with Crippen LogP contribution in [0.4, 0.5) is 11.4 Å². The van der Waals surface area contributed by atoms with Gasteiger partial charge in [-0.15, -0.1) is 10.2 Å². The molecule has 29 heavy (non-hydrogen) atoms. The summed E-state index contributed by atoms with van der Waals surface area (Å²) >= 11 is 0. The summed E-state index contributed by atoms with van der Waals surface area (Å²) in [6.07, 6.45) is 2.97. The highest BCUT2D eigenvalue weighted by Crippen LogP contribution is 2.18. The Balaban J connectivity index is 1.50. The fourth-order valence-corrected chi connectivity index (χ4v) is 2.23. The Bertz CT molecular complexity index is 1030. The Morgan fingerprint density at radius 1 is 0.897 bits per heavy atom. The number of nitrogens with zero attached hydrogens (tertiary/aromatic N) is 2. The Morgan fingerprint density at radius 2 is 1.59 bits per heavy atom. The number of carbonyl (C=O) groups is 2. The molecule has 3 rings (SSSR count). The number of aromatic hydroxyl groups is 1. The summed E-state index contributed by atoms with van der Waals surface area (Å²) in [4.78, 5) is 28.6. The number of amides is 1. The van der Waals surface area contributed by atoms with E-state index < -0.39 is 11.9 Å². The lowest BCUT2D eigenvalue weighted by Gasteiger charge is -2.04. The van der Waals surface area contributed by atoms with Crippen molar-refractivity contribution in [2.45, 2.75) is 0 Å². The van der Waals surface area contributed by atoms with E-state index in [0.717, 1.165) is 5.56 Å². The number of anilines is 1. The highest BCUT2D eigenvalue weighted by atomic mass is 16.7. The molecular formula is C22H17N3O4. The minimum Gasteiger partial charge on any atom is -0.508 e. The standard InChI is InChI=1S/C22H17N3O4/c26-20-13-7-17(8-14-20)22(28)24-23-18-9-11-19(12-10-18)25-29-21(27)15-6-16-4-2-1-3-5-16/h1-15,25-26H/b15-6+,24-23?. The maximum absolute atomic E-state index is 11.9. The molecule has 0 aliphatic carbocycles. The van der Waals surface area contributed by atoms with E-state index in [-0.39, 0.29) is 5.75 Å². The van der Waals surface area contributed by atoms with Crippen molar-refractivity contribution < 1.29 is 19.5 Å². The van der Waals surface area contributed by atoms with Crippen LogP contribution in [0.3, 0.4) is 0 Å². The molecule has 144 valence electrons. The van der Waals surface area contributed by atoms with E-state index >= 15 is 0 Å². The lowest BCUT2D eigenvalue weighted by molar-refractivity contribution is -0.134. The maximum Gasteiger partial charge on any atom is 0.355 e. The number of azo groups is 1. The number of benzene rings is 3. The van der Waals surface area contributed by atoms with Gasteiger partial charge in [-0.1, -0.05) is 30.3 Å². The zero-order valence-corrected chi connectivity index (χ0v) is 15.2. The van der Waals surface area contributed by atoms with Gasteiger partial charge in [0.2, 0.25) is 0 Å². The van der Waals surface area contributed by atoms with Crippen molar-refractivity contribution in [1.29, 1.82) is 0 Å². The molecule has 0 unspecified atom stereocenters. The van der Waals surface area contributed by atoms with E-state index in [1.165, 1.54) is 30.3 Å². The maximum atomic E-state index is 11.9. The minimum atomic E-state index is -0.544. The fraction of sp³-hybridized carbons (Fsp3) is 0. The zero-order valence-electron chi connectivity index (χ0n) is 15.2. The molecule has 0 atom stereocenters. The predicted octanol–water partition coefficient (Wildman–Crippen LogP) is 4.90. The Morgan fingerprint density at radius 3 is 2.28 bits per heavy atom. The van der Waals surface area contributed by atoms with Gasteiger partial charge >= 0.3 is 5.97 Å². The normalized spacial score (nSPS) is 10.9. The number of phenols is 1. The SMILES string of the molecule is O=C(/C=C/c1ccccc1)ONc1ccc(N=NC(=O)c2ccc(O)cc2)cc1. The van der Waals surface area contributed by atoms with Crippen molar-refractivity contribution in [3.63, 3.8) is 0 Å². The van der Waals surface area contributed by atoms with Gasteiger partial charge in [0.25, 0.3) is 5.91 Å². The van der Waals surface area contributed by atoms with Crippen LogP contribution in [0, 0.1) is 0 Å². The second-order valence-electron chi connectivity index (χ2n) is 5.87. The lowest BCUT2D eigenvalue weighted by atomic mass is 10.2. The molecule has 2 N–H and O–H groups in total. The number of carbonyl (C=O) groups excluding carboxylic acids is 2. The van der Waals surface area contributed by atoms with Crippen molar-refractivity contribution in [2.24, 2.45) is 10.2 Å². The number of rotatable bonds is 6. The molecule has 3 aromatic carbocycles. The van der Waals surface area contributed by atoms with Crippen LogP contribution in [-0.4, -0.2) is 17.0 Å². The monoisotopic (exact) mass is 387 g/mol. The molecule has 0 bridgehead atoms. The Hall–Kier alpha value is -4.26. The second-order valence-corrected chi connectivity index (χ2v) is 5.87. The van der Waals surface area contributed by atoms with Crippen molar-refractivity contribution in [2.75, 3.05) is 5.48 Å².